The number of aliphatic carboxylic acids is 1. The van der Waals surface area contributed by atoms with Gasteiger partial charge in [-0.15, -0.1) is 11.8 Å². The Kier molecular flexibility index (Phi) is 5.08. The van der Waals surface area contributed by atoms with E-state index in [9.17, 15) is 4.79 Å². The van der Waals surface area contributed by atoms with Crippen LogP contribution in [0.25, 0.3) is 0 Å². The van der Waals surface area contributed by atoms with Crippen LogP contribution >= 0.6 is 23.4 Å². The highest BCUT2D eigenvalue weighted by atomic mass is 35.5. The van der Waals surface area contributed by atoms with E-state index in [1.54, 1.807) is 0 Å². The fourth-order valence-corrected chi connectivity index (χ4v) is 2.86. The monoisotopic (exact) mass is 287 g/mol. The fourth-order valence-electron chi connectivity index (χ4n) is 1.42. The summed E-state index contributed by atoms with van der Waals surface area (Å²) in [6.07, 6.45) is 0. The second kappa shape index (κ2) is 5.95. The van der Waals surface area contributed by atoms with E-state index in [0.717, 1.165) is 11.1 Å². The lowest BCUT2D eigenvalue weighted by molar-refractivity contribution is -0.139. The third-order valence-corrected chi connectivity index (χ3v) is 4.63. The molecule has 0 aliphatic heterocycles. The van der Waals surface area contributed by atoms with Gasteiger partial charge in [-0.2, -0.15) is 0 Å². The summed E-state index contributed by atoms with van der Waals surface area (Å²) >= 11 is 7.64. The van der Waals surface area contributed by atoms with Crippen LogP contribution in [0.4, 0.5) is 0 Å². The SMILES string of the molecule is Cc1ccc(CSC(C)(C)[C@H](N)C(=O)O)c(Cl)c1. The highest BCUT2D eigenvalue weighted by Crippen LogP contribution is 2.32. The number of hydrogen-bond acceptors (Lipinski definition) is 3. The van der Waals surface area contributed by atoms with Gasteiger partial charge in [0.1, 0.15) is 6.04 Å². The Balaban J connectivity index is 2.72. The predicted octanol–water partition coefficient (Wildman–Crippen LogP) is 3.07. The first kappa shape index (κ1) is 15.3. The van der Waals surface area contributed by atoms with Crippen LogP contribution in [0, 0.1) is 6.92 Å². The Morgan fingerprint density at radius 3 is 2.67 bits per heavy atom. The van der Waals surface area contributed by atoms with E-state index >= 15 is 0 Å². The van der Waals surface area contributed by atoms with Crippen LogP contribution in [-0.4, -0.2) is 21.9 Å². The molecule has 0 saturated heterocycles. The Hall–Kier alpha value is -0.710. The van der Waals surface area contributed by atoms with Gasteiger partial charge in [-0.25, -0.2) is 0 Å². The second-order valence-corrected chi connectivity index (χ2v) is 6.84. The Bertz CT molecular complexity index is 449. The van der Waals surface area contributed by atoms with Gasteiger partial charge < -0.3 is 10.8 Å². The lowest BCUT2D eigenvalue weighted by Crippen LogP contribution is -2.46. The zero-order valence-electron chi connectivity index (χ0n) is 10.7. The molecule has 3 nitrogen and oxygen atoms in total. The summed E-state index contributed by atoms with van der Waals surface area (Å²) in [5, 5.41) is 9.65. The highest BCUT2D eigenvalue weighted by Gasteiger charge is 2.32. The van der Waals surface area contributed by atoms with Crippen LogP contribution in [0.5, 0.6) is 0 Å². The largest absolute Gasteiger partial charge is 0.480 e. The standard InChI is InChI=1S/C13H18ClNO2S/c1-8-4-5-9(10(14)6-8)7-18-13(2,3)11(15)12(16)17/h4-6,11H,7,15H2,1-3H3,(H,16,17)/t11-/m1/s1. The number of halogens is 1. The second-order valence-electron chi connectivity index (χ2n) is 4.80. The van der Waals surface area contributed by atoms with Crippen molar-refractivity contribution in [2.45, 2.75) is 37.3 Å². The third kappa shape index (κ3) is 3.90. The average Bonchev–Trinajstić information content (AvgIpc) is 2.26. The number of rotatable bonds is 5. The molecule has 0 fully saturated rings. The molecule has 18 heavy (non-hydrogen) atoms. The van der Waals surface area contributed by atoms with Crippen LogP contribution < -0.4 is 5.73 Å². The summed E-state index contributed by atoms with van der Waals surface area (Å²) in [4.78, 5) is 10.9. The number of carbonyl (C=O) groups is 1. The van der Waals surface area contributed by atoms with Crippen molar-refractivity contribution in [3.63, 3.8) is 0 Å². The maximum Gasteiger partial charge on any atom is 0.321 e. The molecule has 0 spiro atoms. The lowest BCUT2D eigenvalue weighted by Gasteiger charge is -2.28. The summed E-state index contributed by atoms with van der Waals surface area (Å²) in [5.74, 6) is -0.338. The molecule has 1 rings (SSSR count). The van der Waals surface area contributed by atoms with E-state index in [-0.39, 0.29) is 0 Å². The first-order valence-electron chi connectivity index (χ1n) is 5.61. The topological polar surface area (TPSA) is 63.3 Å². The number of thioether (sulfide) groups is 1. The van der Waals surface area contributed by atoms with Crippen LogP contribution in [0.3, 0.4) is 0 Å². The number of aryl methyl sites for hydroxylation is 1. The van der Waals surface area contributed by atoms with E-state index in [1.165, 1.54) is 11.8 Å². The quantitative estimate of drug-likeness (QED) is 0.873. The van der Waals surface area contributed by atoms with Crippen molar-refractivity contribution < 1.29 is 9.90 Å². The lowest BCUT2D eigenvalue weighted by atomic mass is 10.1. The minimum atomic E-state index is -0.984. The van der Waals surface area contributed by atoms with Crippen molar-refractivity contribution >= 4 is 29.3 Å². The summed E-state index contributed by atoms with van der Waals surface area (Å²) in [5.41, 5.74) is 7.77. The summed E-state index contributed by atoms with van der Waals surface area (Å²) < 4.78 is -0.542. The normalized spacial score (nSPS) is 13.4. The van der Waals surface area contributed by atoms with E-state index in [2.05, 4.69) is 0 Å². The van der Waals surface area contributed by atoms with Crippen LogP contribution in [-0.2, 0) is 10.5 Å². The molecule has 0 heterocycles. The molecule has 0 aliphatic rings. The van der Waals surface area contributed by atoms with Crippen molar-refractivity contribution in [3.8, 4) is 0 Å². The molecule has 0 unspecified atom stereocenters. The van der Waals surface area contributed by atoms with E-state index < -0.39 is 16.8 Å². The summed E-state index contributed by atoms with van der Waals surface area (Å²) in [6.45, 7) is 5.64. The van der Waals surface area contributed by atoms with Crippen molar-refractivity contribution in [3.05, 3.63) is 34.3 Å². The number of nitrogens with two attached hydrogens (primary N) is 1. The first-order chi connectivity index (χ1) is 8.24. The molecular formula is C13H18ClNO2S. The van der Waals surface area contributed by atoms with Crippen LogP contribution in [0.15, 0.2) is 18.2 Å². The van der Waals surface area contributed by atoms with Gasteiger partial charge in [-0.1, -0.05) is 23.7 Å². The van der Waals surface area contributed by atoms with E-state index in [1.807, 2.05) is 39.0 Å². The Morgan fingerprint density at radius 1 is 1.56 bits per heavy atom. The molecule has 0 radical (unpaired) electrons. The minimum Gasteiger partial charge on any atom is -0.480 e. The van der Waals surface area contributed by atoms with Gasteiger partial charge in [-0.05, 0) is 38.0 Å². The molecule has 100 valence electrons. The molecule has 0 aromatic heterocycles. The number of carboxylic acids is 1. The highest BCUT2D eigenvalue weighted by molar-refractivity contribution is 7.99. The average molecular weight is 288 g/mol. The molecule has 1 aromatic carbocycles. The molecule has 3 N–H and O–H groups in total. The summed E-state index contributed by atoms with van der Waals surface area (Å²) in [6, 6.07) is 4.97. The van der Waals surface area contributed by atoms with Gasteiger partial charge in [0.2, 0.25) is 0 Å². The van der Waals surface area contributed by atoms with Gasteiger partial charge in [0.15, 0.2) is 0 Å². The van der Waals surface area contributed by atoms with Crippen molar-refractivity contribution in [2.75, 3.05) is 0 Å². The van der Waals surface area contributed by atoms with Crippen molar-refractivity contribution in [2.24, 2.45) is 5.73 Å². The van der Waals surface area contributed by atoms with Crippen molar-refractivity contribution in [1.29, 1.82) is 0 Å². The van der Waals surface area contributed by atoms with Gasteiger partial charge in [0.25, 0.3) is 0 Å². The molecule has 5 heteroatoms. The van der Waals surface area contributed by atoms with Gasteiger partial charge >= 0.3 is 5.97 Å². The predicted molar refractivity (Wildman–Crippen MR) is 77.2 cm³/mol. The maximum absolute atomic E-state index is 10.9. The number of benzene rings is 1. The minimum absolute atomic E-state index is 0.542. The number of carboxylic acid groups (broad SMARTS) is 1. The van der Waals surface area contributed by atoms with Gasteiger partial charge in [0.05, 0.1) is 0 Å². The first-order valence-corrected chi connectivity index (χ1v) is 6.98. The van der Waals surface area contributed by atoms with Crippen molar-refractivity contribution in [1.82, 2.24) is 0 Å². The van der Waals surface area contributed by atoms with Gasteiger partial charge in [-0.3, -0.25) is 4.79 Å². The summed E-state index contributed by atoms with van der Waals surface area (Å²) in [7, 11) is 0. The molecule has 0 saturated carbocycles. The Morgan fingerprint density at radius 2 is 2.17 bits per heavy atom. The molecular weight excluding hydrogens is 270 g/mol. The zero-order chi connectivity index (χ0) is 13.9. The smallest absolute Gasteiger partial charge is 0.321 e. The van der Waals surface area contributed by atoms with E-state index in [4.69, 9.17) is 22.4 Å². The van der Waals surface area contributed by atoms with Crippen LogP contribution in [0.2, 0.25) is 5.02 Å². The molecule has 1 aromatic rings. The third-order valence-electron chi connectivity index (χ3n) is 2.82. The Labute approximate surface area is 117 Å². The van der Waals surface area contributed by atoms with E-state index in [0.29, 0.717) is 10.8 Å². The fraction of sp³-hybridized carbons (Fsp3) is 0.462. The number of hydrogen-bond donors (Lipinski definition) is 2. The van der Waals surface area contributed by atoms with Crippen LogP contribution in [0.1, 0.15) is 25.0 Å². The molecule has 0 amide bonds. The van der Waals surface area contributed by atoms with Gasteiger partial charge in [0, 0.05) is 15.5 Å². The molecule has 1 atom stereocenters. The molecule has 0 bridgehead atoms. The zero-order valence-corrected chi connectivity index (χ0v) is 12.3. The molecule has 0 aliphatic carbocycles. The maximum atomic E-state index is 10.9.